The van der Waals surface area contributed by atoms with Gasteiger partial charge in [0.1, 0.15) is 0 Å². The van der Waals surface area contributed by atoms with Crippen LogP contribution in [0, 0.1) is 13.8 Å². The smallest absolute Gasteiger partial charge is 0.292 e. The lowest BCUT2D eigenvalue weighted by Gasteiger charge is -2.08. The lowest BCUT2D eigenvalue weighted by Crippen LogP contribution is -2.30. The van der Waals surface area contributed by atoms with Gasteiger partial charge in [0.15, 0.2) is 5.69 Å². The first-order valence-electron chi connectivity index (χ1n) is 8.53. The molecule has 3 aromatic rings. The van der Waals surface area contributed by atoms with Crippen LogP contribution in [-0.2, 0) is 0 Å². The fraction of sp³-hybridized carbons (Fsp3) is 0.250. The maximum Gasteiger partial charge on any atom is 0.292 e. The number of amides is 2. The number of carbonyl (C=O) groups is 2. The van der Waals surface area contributed by atoms with Gasteiger partial charge in [-0.15, -0.1) is 0 Å². The quantitative estimate of drug-likeness (QED) is 0.758. The first-order chi connectivity index (χ1) is 12.4. The minimum atomic E-state index is -0.359. The minimum Gasteiger partial charge on any atom is -0.348 e. The van der Waals surface area contributed by atoms with Gasteiger partial charge in [-0.1, -0.05) is 23.8 Å². The van der Waals surface area contributed by atoms with Gasteiger partial charge in [0, 0.05) is 17.9 Å². The molecule has 26 heavy (non-hydrogen) atoms. The second-order valence-electron chi connectivity index (χ2n) is 6.64. The van der Waals surface area contributed by atoms with E-state index in [0.717, 1.165) is 16.8 Å². The van der Waals surface area contributed by atoms with E-state index in [-0.39, 0.29) is 29.4 Å². The molecule has 2 heterocycles. The molecule has 0 unspecified atom stereocenters. The van der Waals surface area contributed by atoms with Crippen LogP contribution in [0.25, 0.3) is 5.52 Å². The number of aryl methyl sites for hydroxylation is 2. The zero-order valence-electron chi connectivity index (χ0n) is 15.3. The largest absolute Gasteiger partial charge is 0.348 e. The average molecular weight is 350 g/mol. The number of nitrogens with zero attached hydrogens (tertiary/aromatic N) is 2. The van der Waals surface area contributed by atoms with E-state index in [0.29, 0.717) is 5.52 Å². The van der Waals surface area contributed by atoms with Crippen LogP contribution in [0.5, 0.6) is 0 Å². The number of imidazole rings is 1. The summed E-state index contributed by atoms with van der Waals surface area (Å²) in [4.78, 5) is 29.6. The molecule has 0 saturated carbocycles. The Morgan fingerprint density at radius 1 is 1.08 bits per heavy atom. The highest BCUT2D eigenvalue weighted by Gasteiger charge is 2.22. The maximum atomic E-state index is 12.8. The van der Waals surface area contributed by atoms with Gasteiger partial charge in [0.25, 0.3) is 11.8 Å². The van der Waals surface area contributed by atoms with Crippen molar-refractivity contribution in [3.05, 3.63) is 65.2 Å². The fourth-order valence-corrected chi connectivity index (χ4v) is 2.83. The molecule has 0 bridgehead atoms. The first kappa shape index (κ1) is 17.7. The van der Waals surface area contributed by atoms with Crippen molar-refractivity contribution in [1.82, 2.24) is 14.7 Å². The molecule has 2 amide bonds. The van der Waals surface area contributed by atoms with E-state index in [4.69, 9.17) is 0 Å². The van der Waals surface area contributed by atoms with Crippen LogP contribution in [0.15, 0.2) is 42.6 Å². The Morgan fingerprint density at radius 3 is 2.54 bits per heavy atom. The summed E-state index contributed by atoms with van der Waals surface area (Å²) in [7, 11) is 0. The zero-order chi connectivity index (χ0) is 18.8. The van der Waals surface area contributed by atoms with Gasteiger partial charge in [0.05, 0.1) is 5.52 Å². The molecule has 0 fully saturated rings. The molecule has 3 rings (SSSR count). The molecule has 0 saturated heterocycles. The van der Waals surface area contributed by atoms with Crippen LogP contribution >= 0.6 is 0 Å². The summed E-state index contributed by atoms with van der Waals surface area (Å²) in [5.74, 6) is -0.481. The summed E-state index contributed by atoms with van der Waals surface area (Å²) in [5.41, 5.74) is 3.65. The molecule has 6 nitrogen and oxygen atoms in total. The van der Waals surface area contributed by atoms with Gasteiger partial charge in [-0.25, -0.2) is 4.98 Å². The monoisotopic (exact) mass is 350 g/mol. The molecule has 2 aromatic heterocycles. The molecule has 0 radical (unpaired) electrons. The number of anilines is 1. The second kappa shape index (κ2) is 7.00. The summed E-state index contributed by atoms with van der Waals surface area (Å²) < 4.78 is 1.63. The van der Waals surface area contributed by atoms with Crippen molar-refractivity contribution in [3.8, 4) is 0 Å². The third-order valence-electron chi connectivity index (χ3n) is 4.02. The Hall–Kier alpha value is -3.15. The van der Waals surface area contributed by atoms with Gasteiger partial charge in [-0.3, -0.25) is 14.0 Å². The first-order valence-corrected chi connectivity index (χ1v) is 8.53. The molecule has 0 atom stereocenters. The Bertz CT molecular complexity index is 989. The molecule has 0 aliphatic carbocycles. The molecule has 2 N–H and O–H groups in total. The molecule has 6 heteroatoms. The minimum absolute atomic E-state index is 0.0181. The van der Waals surface area contributed by atoms with E-state index in [1.807, 2.05) is 52.0 Å². The zero-order valence-corrected chi connectivity index (χ0v) is 15.3. The molecule has 134 valence electrons. The highest BCUT2D eigenvalue weighted by molar-refractivity contribution is 6.06. The van der Waals surface area contributed by atoms with Gasteiger partial charge in [-0.2, -0.15) is 0 Å². The number of hydrogen-bond acceptors (Lipinski definition) is 3. The summed E-state index contributed by atoms with van der Waals surface area (Å²) in [5, 5.41) is 5.71. The van der Waals surface area contributed by atoms with Crippen molar-refractivity contribution >= 4 is 23.0 Å². The third kappa shape index (κ3) is 3.44. The average Bonchev–Trinajstić information content (AvgIpc) is 2.96. The number of nitrogens with one attached hydrogen (secondary N) is 2. The van der Waals surface area contributed by atoms with Gasteiger partial charge >= 0.3 is 0 Å². The van der Waals surface area contributed by atoms with E-state index >= 15 is 0 Å². The van der Waals surface area contributed by atoms with Crippen molar-refractivity contribution in [3.63, 3.8) is 0 Å². The standard InChI is InChI=1S/C20H22N4O2/c1-12(2)21-19(25)17-16-7-5-6-10-24(16)18(23-17)20(26)22-15-9-8-13(3)11-14(15)4/h5-12H,1-4H3,(H,21,25)(H,22,26). The number of hydrogen-bond donors (Lipinski definition) is 2. The van der Waals surface area contributed by atoms with Crippen molar-refractivity contribution in [2.24, 2.45) is 0 Å². The molecule has 0 spiro atoms. The van der Waals surface area contributed by atoms with Crippen LogP contribution in [0.2, 0.25) is 0 Å². The van der Waals surface area contributed by atoms with E-state index in [9.17, 15) is 9.59 Å². The van der Waals surface area contributed by atoms with Crippen molar-refractivity contribution in [2.75, 3.05) is 5.32 Å². The molecule has 0 aliphatic rings. The number of rotatable bonds is 4. The Balaban J connectivity index is 1.99. The predicted molar refractivity (Wildman–Crippen MR) is 102 cm³/mol. The Morgan fingerprint density at radius 2 is 1.85 bits per heavy atom. The fourth-order valence-electron chi connectivity index (χ4n) is 2.83. The molecular formula is C20H22N4O2. The van der Waals surface area contributed by atoms with E-state index < -0.39 is 0 Å². The number of pyridine rings is 1. The number of aromatic nitrogens is 2. The Kier molecular flexibility index (Phi) is 4.75. The van der Waals surface area contributed by atoms with Crippen molar-refractivity contribution in [1.29, 1.82) is 0 Å². The topological polar surface area (TPSA) is 75.5 Å². The van der Waals surface area contributed by atoms with Crippen LogP contribution in [0.1, 0.15) is 46.1 Å². The number of fused-ring (bicyclic) bond motifs is 1. The predicted octanol–water partition coefficient (Wildman–Crippen LogP) is 3.34. The van der Waals surface area contributed by atoms with Gasteiger partial charge in [0.2, 0.25) is 5.82 Å². The lowest BCUT2D eigenvalue weighted by atomic mass is 10.1. The SMILES string of the molecule is Cc1ccc(NC(=O)c2nc(C(=O)NC(C)C)c3ccccn23)c(C)c1. The highest BCUT2D eigenvalue weighted by atomic mass is 16.2. The summed E-state index contributed by atoms with van der Waals surface area (Å²) in [6.45, 7) is 7.70. The third-order valence-corrected chi connectivity index (χ3v) is 4.02. The van der Waals surface area contributed by atoms with E-state index in [1.54, 1.807) is 22.7 Å². The van der Waals surface area contributed by atoms with Crippen LogP contribution in [-0.4, -0.2) is 27.2 Å². The second-order valence-corrected chi connectivity index (χ2v) is 6.64. The summed E-state index contributed by atoms with van der Waals surface area (Å²) >= 11 is 0. The van der Waals surface area contributed by atoms with Crippen LogP contribution in [0.4, 0.5) is 5.69 Å². The maximum absolute atomic E-state index is 12.8. The van der Waals surface area contributed by atoms with Crippen LogP contribution in [0.3, 0.4) is 0 Å². The van der Waals surface area contributed by atoms with Crippen molar-refractivity contribution in [2.45, 2.75) is 33.7 Å². The number of benzene rings is 1. The van der Waals surface area contributed by atoms with E-state index in [2.05, 4.69) is 15.6 Å². The van der Waals surface area contributed by atoms with Crippen molar-refractivity contribution < 1.29 is 9.59 Å². The van der Waals surface area contributed by atoms with E-state index in [1.165, 1.54) is 0 Å². The molecule has 0 aliphatic heterocycles. The highest BCUT2D eigenvalue weighted by Crippen LogP contribution is 2.19. The number of carbonyl (C=O) groups excluding carboxylic acids is 2. The Labute approximate surface area is 152 Å². The summed E-state index contributed by atoms with van der Waals surface area (Å²) in [6, 6.07) is 11.2. The lowest BCUT2D eigenvalue weighted by molar-refractivity contribution is 0.0940. The van der Waals surface area contributed by atoms with Crippen LogP contribution < -0.4 is 10.6 Å². The van der Waals surface area contributed by atoms with Gasteiger partial charge in [-0.05, 0) is 51.5 Å². The normalized spacial score (nSPS) is 11.0. The van der Waals surface area contributed by atoms with Gasteiger partial charge < -0.3 is 10.6 Å². The molecular weight excluding hydrogens is 328 g/mol. The summed E-state index contributed by atoms with van der Waals surface area (Å²) in [6.07, 6.45) is 1.73. The molecule has 1 aromatic carbocycles.